The maximum atomic E-state index is 13.1. The van der Waals surface area contributed by atoms with E-state index >= 15 is 0 Å². The zero-order valence-electron chi connectivity index (χ0n) is 18.8. The van der Waals surface area contributed by atoms with Crippen LogP contribution < -0.4 is 9.47 Å². The lowest BCUT2D eigenvalue weighted by Gasteiger charge is -2.32. The molecule has 0 saturated heterocycles. The Bertz CT molecular complexity index is 1010. The number of carbonyl (C=O) groups excluding carboxylic acids is 3. The van der Waals surface area contributed by atoms with Gasteiger partial charge in [-0.1, -0.05) is 36.4 Å². The Morgan fingerprint density at radius 2 is 1.66 bits per heavy atom. The lowest BCUT2D eigenvalue weighted by molar-refractivity contribution is -0.169. The molecule has 0 heterocycles. The highest BCUT2D eigenvalue weighted by Gasteiger charge is 2.38. The Morgan fingerprint density at radius 1 is 1.00 bits per heavy atom. The van der Waals surface area contributed by atoms with Crippen molar-refractivity contribution in [1.29, 1.82) is 5.26 Å². The van der Waals surface area contributed by atoms with Gasteiger partial charge < -0.3 is 24.1 Å². The van der Waals surface area contributed by atoms with Gasteiger partial charge in [-0.05, 0) is 43.5 Å². The highest BCUT2D eigenvalue weighted by atomic mass is 16.6. The fourth-order valence-electron chi connectivity index (χ4n) is 2.95. The van der Waals surface area contributed by atoms with Crippen molar-refractivity contribution in [1.82, 2.24) is 4.90 Å². The maximum Gasteiger partial charge on any atom is 0.420 e. The molecule has 0 aliphatic rings. The minimum absolute atomic E-state index is 0.0314. The summed E-state index contributed by atoms with van der Waals surface area (Å²) >= 11 is 0. The lowest BCUT2D eigenvalue weighted by Crippen LogP contribution is -2.54. The molecule has 0 saturated carbocycles. The second-order valence-corrected chi connectivity index (χ2v) is 6.94. The molecule has 0 aromatic heterocycles. The number of benzene rings is 2. The number of amides is 1. The second kappa shape index (κ2) is 15.4. The third-order valence-electron chi connectivity index (χ3n) is 4.54. The number of hydrogen-bond acceptors (Lipinski definition) is 10. The number of hydrogen-bond donors (Lipinski definition) is 1. The van der Waals surface area contributed by atoms with Crippen LogP contribution in [0.15, 0.2) is 65.7 Å². The topological polar surface area (TPSA) is 148 Å². The molecule has 2 aromatic rings. The molecule has 0 bridgehead atoms. The summed E-state index contributed by atoms with van der Waals surface area (Å²) in [4.78, 5) is 40.3. The normalized spacial score (nSPS) is 11.7. The Kier molecular flexibility index (Phi) is 11.9. The largest absolute Gasteiger partial charge is 0.462 e. The number of ether oxygens (including phenoxy) is 4. The van der Waals surface area contributed by atoms with Gasteiger partial charge in [0.15, 0.2) is 0 Å². The van der Waals surface area contributed by atoms with Crippen molar-refractivity contribution in [3.63, 3.8) is 0 Å². The van der Waals surface area contributed by atoms with E-state index in [1.165, 1.54) is 18.2 Å². The summed E-state index contributed by atoms with van der Waals surface area (Å²) in [6, 6.07) is 15.0. The lowest BCUT2D eigenvalue weighted by atomic mass is 10.1. The summed E-state index contributed by atoms with van der Waals surface area (Å²) in [5, 5.41) is 19.4. The predicted molar refractivity (Wildman–Crippen MR) is 121 cm³/mol. The van der Waals surface area contributed by atoms with Crippen LogP contribution in [0.3, 0.4) is 0 Å². The predicted octanol–water partition coefficient (Wildman–Crippen LogP) is 2.76. The fourth-order valence-corrected chi connectivity index (χ4v) is 2.95. The number of carbonyl (C=O) groups is 2. The highest BCUT2D eigenvalue weighted by Crippen LogP contribution is 2.20. The van der Waals surface area contributed by atoms with Crippen LogP contribution in [0, 0.1) is 11.5 Å². The van der Waals surface area contributed by atoms with E-state index in [0.717, 1.165) is 4.90 Å². The van der Waals surface area contributed by atoms with Gasteiger partial charge >= 0.3 is 12.1 Å². The zero-order valence-corrected chi connectivity index (χ0v) is 18.8. The number of aliphatic hydroxyl groups is 1. The zero-order chi connectivity index (χ0) is 25.3. The molecular weight excluding hydrogens is 458 g/mol. The number of aliphatic imine (C=N–C) groups is 1. The Hall–Kier alpha value is -4.39. The molecule has 0 fully saturated rings. The monoisotopic (exact) mass is 483 g/mol. The SMILES string of the molecule is N#COCCCCC(C(=O)OCCN=C=O)N(C(=O)Oc1ccccc1)C(O)Oc1ccccc1. The number of esters is 1. The number of rotatable bonds is 14. The number of para-hydroxylation sites is 2. The summed E-state index contributed by atoms with van der Waals surface area (Å²) in [5.74, 6) is -0.440. The molecule has 0 radical (unpaired) electrons. The fraction of sp³-hybridized carbons (Fsp3) is 0.333. The van der Waals surface area contributed by atoms with Gasteiger partial charge in [-0.3, -0.25) is 0 Å². The molecule has 35 heavy (non-hydrogen) atoms. The second-order valence-electron chi connectivity index (χ2n) is 6.94. The van der Waals surface area contributed by atoms with Crippen LogP contribution in [0.25, 0.3) is 0 Å². The van der Waals surface area contributed by atoms with Crippen molar-refractivity contribution in [3.8, 4) is 17.8 Å². The molecule has 2 atom stereocenters. The third-order valence-corrected chi connectivity index (χ3v) is 4.54. The molecule has 2 unspecified atom stereocenters. The average Bonchev–Trinajstić information content (AvgIpc) is 2.86. The quantitative estimate of drug-likeness (QED) is 0.107. The van der Waals surface area contributed by atoms with Gasteiger partial charge in [0, 0.05) is 0 Å². The Balaban J connectivity index is 2.28. The highest BCUT2D eigenvalue weighted by molar-refractivity contribution is 5.82. The summed E-state index contributed by atoms with van der Waals surface area (Å²) < 4.78 is 20.6. The minimum Gasteiger partial charge on any atom is -0.462 e. The van der Waals surface area contributed by atoms with Crippen LogP contribution in [0.2, 0.25) is 0 Å². The first-order valence-electron chi connectivity index (χ1n) is 10.7. The standard InChI is InChI=1S/C24H25N3O8/c25-17-32-15-8-7-13-21(22(29)33-16-14-26-18-28)27(23(30)34-19-9-3-1-4-10-19)24(31)35-20-11-5-2-6-12-20/h1-6,9-12,21,23,30H,7-8,13-16H2. The number of nitriles is 1. The van der Waals surface area contributed by atoms with Crippen molar-refractivity contribution in [3.05, 3.63) is 60.7 Å². The summed E-state index contributed by atoms with van der Waals surface area (Å²) in [6.45, 7) is -0.237. The van der Waals surface area contributed by atoms with E-state index in [0.29, 0.717) is 12.8 Å². The van der Waals surface area contributed by atoms with E-state index in [2.05, 4.69) is 9.73 Å². The van der Waals surface area contributed by atoms with Gasteiger partial charge in [-0.15, -0.1) is 0 Å². The molecule has 2 aromatic carbocycles. The van der Waals surface area contributed by atoms with Crippen molar-refractivity contribution >= 4 is 18.1 Å². The van der Waals surface area contributed by atoms with Gasteiger partial charge in [0.05, 0.1) is 6.54 Å². The number of isocyanates is 1. The van der Waals surface area contributed by atoms with Crippen LogP contribution in [0.4, 0.5) is 4.79 Å². The first-order chi connectivity index (χ1) is 17.1. The van der Waals surface area contributed by atoms with Crippen LogP contribution in [0.1, 0.15) is 19.3 Å². The molecule has 2 rings (SSSR count). The Labute approximate surface area is 202 Å². The van der Waals surface area contributed by atoms with E-state index in [9.17, 15) is 19.5 Å². The van der Waals surface area contributed by atoms with E-state index in [-0.39, 0.29) is 37.7 Å². The maximum absolute atomic E-state index is 13.1. The number of aliphatic hydroxyl groups excluding tert-OH is 1. The first-order valence-corrected chi connectivity index (χ1v) is 10.7. The van der Waals surface area contributed by atoms with Gasteiger partial charge in [0.1, 0.15) is 30.8 Å². The van der Waals surface area contributed by atoms with Crippen LogP contribution in [-0.4, -0.2) is 60.4 Å². The summed E-state index contributed by atoms with van der Waals surface area (Å²) in [7, 11) is 0. The van der Waals surface area contributed by atoms with Gasteiger partial charge in [-0.25, -0.2) is 24.3 Å². The van der Waals surface area contributed by atoms with Crippen molar-refractivity contribution in [2.75, 3.05) is 19.8 Å². The van der Waals surface area contributed by atoms with Gasteiger partial charge in [0.25, 0.3) is 12.7 Å². The molecule has 184 valence electrons. The minimum atomic E-state index is -1.91. The van der Waals surface area contributed by atoms with Crippen LogP contribution >= 0.6 is 0 Å². The van der Waals surface area contributed by atoms with E-state index in [1.807, 2.05) is 0 Å². The first kappa shape index (κ1) is 26.9. The molecule has 1 amide bonds. The van der Waals surface area contributed by atoms with Gasteiger partial charge in [-0.2, -0.15) is 5.26 Å². The molecule has 0 spiro atoms. The van der Waals surface area contributed by atoms with E-state index < -0.39 is 24.5 Å². The average molecular weight is 483 g/mol. The third kappa shape index (κ3) is 9.55. The summed E-state index contributed by atoms with van der Waals surface area (Å²) in [5.41, 5.74) is 0. The van der Waals surface area contributed by atoms with Crippen LogP contribution in [0.5, 0.6) is 11.5 Å². The number of unbranched alkanes of at least 4 members (excludes halogenated alkanes) is 1. The van der Waals surface area contributed by atoms with Crippen molar-refractivity contribution in [2.24, 2.45) is 4.99 Å². The number of nitrogens with zero attached hydrogens (tertiary/aromatic N) is 3. The van der Waals surface area contributed by atoms with Crippen molar-refractivity contribution in [2.45, 2.75) is 31.7 Å². The molecule has 0 aliphatic carbocycles. The molecule has 11 nitrogen and oxygen atoms in total. The van der Waals surface area contributed by atoms with Gasteiger partial charge in [0.2, 0.25) is 6.08 Å². The van der Waals surface area contributed by atoms with Crippen LogP contribution in [-0.2, 0) is 19.1 Å². The molecular formula is C24H25N3O8. The Morgan fingerprint density at radius 3 is 2.29 bits per heavy atom. The summed E-state index contributed by atoms with van der Waals surface area (Å²) in [6.07, 6.45) is 0.688. The smallest absolute Gasteiger partial charge is 0.420 e. The molecule has 11 heteroatoms. The van der Waals surface area contributed by atoms with E-state index in [1.54, 1.807) is 54.8 Å². The van der Waals surface area contributed by atoms with E-state index in [4.69, 9.17) is 19.5 Å². The molecule has 1 N–H and O–H groups in total. The van der Waals surface area contributed by atoms with Crippen molar-refractivity contribution < 1.29 is 38.4 Å². The molecule has 0 aliphatic heterocycles.